The average molecular weight is 399 g/mol. The van der Waals surface area contributed by atoms with Gasteiger partial charge in [-0.2, -0.15) is 0 Å². The highest BCUT2D eigenvalue weighted by molar-refractivity contribution is 5.82. The molecule has 0 saturated carbocycles. The Morgan fingerprint density at radius 3 is 1.96 bits per heavy atom. The van der Waals surface area contributed by atoms with Crippen LogP contribution in [0.15, 0.2) is 0 Å². The summed E-state index contributed by atoms with van der Waals surface area (Å²) in [4.78, 5) is 38.3. The standard InChI is InChI=1S/C21H38N2O5/c1-13(2)8-17(9-14(3)4)22-18(24)15-10-16(19(25)26)12-23(11-15)20(27)28-21(5,6)7/h13-17H,8-12H2,1-7H3,(H,22,24)(H,25,26)/t15-,16?/m0/s1. The van der Waals surface area contributed by atoms with Crippen molar-refractivity contribution in [2.45, 2.75) is 79.4 Å². The van der Waals surface area contributed by atoms with Crippen LogP contribution in [0.2, 0.25) is 0 Å². The fourth-order valence-electron chi connectivity index (χ4n) is 3.61. The molecule has 2 amide bonds. The third kappa shape index (κ3) is 8.48. The van der Waals surface area contributed by atoms with Gasteiger partial charge in [0.05, 0.1) is 11.8 Å². The number of carboxylic acid groups (broad SMARTS) is 1. The molecule has 1 saturated heterocycles. The minimum Gasteiger partial charge on any atom is -0.481 e. The Hall–Kier alpha value is -1.79. The Balaban J connectivity index is 2.88. The van der Waals surface area contributed by atoms with Crippen LogP contribution in [0.4, 0.5) is 4.79 Å². The minimum atomic E-state index is -0.994. The highest BCUT2D eigenvalue weighted by Crippen LogP contribution is 2.25. The van der Waals surface area contributed by atoms with Crippen molar-refractivity contribution in [3.05, 3.63) is 0 Å². The van der Waals surface area contributed by atoms with Crippen LogP contribution < -0.4 is 5.32 Å². The van der Waals surface area contributed by atoms with Gasteiger partial charge in [-0.15, -0.1) is 0 Å². The predicted octanol–water partition coefficient (Wildman–Crippen LogP) is 3.52. The van der Waals surface area contributed by atoms with E-state index in [0.29, 0.717) is 11.8 Å². The summed E-state index contributed by atoms with van der Waals surface area (Å²) < 4.78 is 5.38. The molecule has 2 N–H and O–H groups in total. The van der Waals surface area contributed by atoms with E-state index in [4.69, 9.17) is 4.74 Å². The topological polar surface area (TPSA) is 95.9 Å². The number of nitrogens with one attached hydrogen (secondary N) is 1. The van der Waals surface area contributed by atoms with Gasteiger partial charge >= 0.3 is 12.1 Å². The maximum atomic E-state index is 12.9. The van der Waals surface area contributed by atoms with Gasteiger partial charge < -0.3 is 20.1 Å². The average Bonchev–Trinajstić information content (AvgIpc) is 2.51. The number of likely N-dealkylation sites (tertiary alicyclic amines) is 1. The number of amides is 2. The van der Waals surface area contributed by atoms with Crippen LogP contribution >= 0.6 is 0 Å². The van der Waals surface area contributed by atoms with Crippen molar-refractivity contribution >= 4 is 18.0 Å². The van der Waals surface area contributed by atoms with E-state index < -0.39 is 29.5 Å². The van der Waals surface area contributed by atoms with Gasteiger partial charge in [0.15, 0.2) is 0 Å². The first-order valence-corrected chi connectivity index (χ1v) is 10.3. The molecule has 2 atom stereocenters. The molecule has 1 fully saturated rings. The van der Waals surface area contributed by atoms with E-state index in [1.807, 2.05) is 0 Å². The molecule has 0 aromatic rings. The second kappa shape index (κ2) is 10.1. The Kier molecular flexibility index (Phi) is 8.76. The number of carbonyl (C=O) groups excluding carboxylic acids is 2. The lowest BCUT2D eigenvalue weighted by Gasteiger charge is -2.37. The smallest absolute Gasteiger partial charge is 0.410 e. The fraction of sp³-hybridized carbons (Fsp3) is 0.857. The van der Waals surface area contributed by atoms with E-state index in [9.17, 15) is 19.5 Å². The molecule has 0 radical (unpaired) electrons. The number of carbonyl (C=O) groups is 3. The molecule has 0 aromatic heterocycles. The van der Waals surface area contributed by atoms with Crippen molar-refractivity contribution in [3.63, 3.8) is 0 Å². The van der Waals surface area contributed by atoms with Gasteiger partial charge in [-0.1, -0.05) is 27.7 Å². The summed E-state index contributed by atoms with van der Waals surface area (Å²) in [5, 5.41) is 12.6. The van der Waals surface area contributed by atoms with Gasteiger partial charge in [0.25, 0.3) is 0 Å². The number of nitrogens with zero attached hydrogens (tertiary/aromatic N) is 1. The normalized spacial score (nSPS) is 20.6. The van der Waals surface area contributed by atoms with Crippen molar-refractivity contribution in [1.29, 1.82) is 0 Å². The number of aliphatic carboxylic acids is 1. The van der Waals surface area contributed by atoms with E-state index in [0.717, 1.165) is 12.8 Å². The summed E-state index contributed by atoms with van der Waals surface area (Å²) >= 11 is 0. The molecule has 1 unspecified atom stereocenters. The third-order valence-corrected chi connectivity index (χ3v) is 4.68. The Bertz CT molecular complexity index is 543. The first-order valence-electron chi connectivity index (χ1n) is 10.3. The number of rotatable bonds is 7. The molecule has 0 bridgehead atoms. The molecule has 1 heterocycles. The Morgan fingerprint density at radius 1 is 1.04 bits per heavy atom. The third-order valence-electron chi connectivity index (χ3n) is 4.68. The van der Waals surface area contributed by atoms with Crippen LogP contribution in [0.1, 0.15) is 67.7 Å². The van der Waals surface area contributed by atoms with Crippen molar-refractivity contribution in [2.75, 3.05) is 13.1 Å². The number of piperidine rings is 1. The van der Waals surface area contributed by atoms with Crippen LogP contribution in [0.3, 0.4) is 0 Å². The Morgan fingerprint density at radius 2 is 1.54 bits per heavy atom. The lowest BCUT2D eigenvalue weighted by Crippen LogP contribution is -2.52. The van der Waals surface area contributed by atoms with Crippen LogP contribution in [0.5, 0.6) is 0 Å². The van der Waals surface area contributed by atoms with Crippen LogP contribution in [0, 0.1) is 23.7 Å². The van der Waals surface area contributed by atoms with Crippen molar-refractivity contribution in [3.8, 4) is 0 Å². The zero-order chi connectivity index (χ0) is 21.6. The van der Waals surface area contributed by atoms with E-state index in [1.54, 1.807) is 20.8 Å². The van der Waals surface area contributed by atoms with Crippen molar-refractivity contribution < 1.29 is 24.2 Å². The molecule has 0 spiro atoms. The fourth-order valence-corrected chi connectivity index (χ4v) is 3.61. The van der Waals surface area contributed by atoms with E-state index in [1.165, 1.54) is 4.90 Å². The lowest BCUT2D eigenvalue weighted by molar-refractivity contribution is -0.145. The second-order valence-corrected chi connectivity index (χ2v) is 9.82. The maximum Gasteiger partial charge on any atom is 0.410 e. The first kappa shape index (κ1) is 24.2. The minimum absolute atomic E-state index is 0.0488. The molecule has 0 aromatic carbocycles. The number of ether oxygens (including phenoxy) is 1. The molecule has 28 heavy (non-hydrogen) atoms. The molecule has 7 heteroatoms. The predicted molar refractivity (Wildman–Crippen MR) is 108 cm³/mol. The monoisotopic (exact) mass is 398 g/mol. The highest BCUT2D eigenvalue weighted by atomic mass is 16.6. The van der Waals surface area contributed by atoms with Crippen LogP contribution in [-0.4, -0.2) is 52.7 Å². The second-order valence-electron chi connectivity index (χ2n) is 9.82. The number of hydrogen-bond donors (Lipinski definition) is 2. The largest absolute Gasteiger partial charge is 0.481 e. The van der Waals surface area contributed by atoms with E-state index in [-0.39, 0.29) is 31.5 Å². The van der Waals surface area contributed by atoms with Gasteiger partial charge in [-0.3, -0.25) is 9.59 Å². The lowest BCUT2D eigenvalue weighted by atomic mass is 9.88. The van der Waals surface area contributed by atoms with E-state index >= 15 is 0 Å². The van der Waals surface area contributed by atoms with Gasteiger partial charge in [-0.25, -0.2) is 4.79 Å². The molecular weight excluding hydrogens is 360 g/mol. The van der Waals surface area contributed by atoms with Crippen LogP contribution in [0.25, 0.3) is 0 Å². The highest BCUT2D eigenvalue weighted by Gasteiger charge is 2.39. The molecule has 0 aliphatic carbocycles. The van der Waals surface area contributed by atoms with Gasteiger partial charge in [0.2, 0.25) is 5.91 Å². The Labute approximate surface area is 169 Å². The molecule has 162 valence electrons. The first-order chi connectivity index (χ1) is 12.8. The van der Waals surface area contributed by atoms with Gasteiger partial charge in [0, 0.05) is 19.1 Å². The van der Waals surface area contributed by atoms with Crippen LogP contribution in [-0.2, 0) is 14.3 Å². The number of carboxylic acids is 1. The summed E-state index contributed by atoms with van der Waals surface area (Å²) in [5.41, 5.74) is -0.676. The summed E-state index contributed by atoms with van der Waals surface area (Å²) in [6.45, 7) is 14.0. The van der Waals surface area contributed by atoms with Crippen molar-refractivity contribution in [2.24, 2.45) is 23.7 Å². The maximum absolute atomic E-state index is 12.9. The van der Waals surface area contributed by atoms with Gasteiger partial charge in [0.1, 0.15) is 5.60 Å². The molecule has 1 aliphatic rings. The SMILES string of the molecule is CC(C)CC(CC(C)C)NC(=O)[C@H]1CC(C(=O)O)CN(C(=O)OC(C)(C)C)C1. The molecule has 1 aliphatic heterocycles. The summed E-state index contributed by atoms with van der Waals surface area (Å²) in [5.74, 6) is -1.60. The molecule has 7 nitrogen and oxygen atoms in total. The summed E-state index contributed by atoms with van der Waals surface area (Å²) in [7, 11) is 0. The zero-order valence-electron chi connectivity index (χ0n) is 18.4. The quantitative estimate of drug-likeness (QED) is 0.684. The molecular formula is C21H38N2O5. The number of hydrogen-bond acceptors (Lipinski definition) is 4. The van der Waals surface area contributed by atoms with Crippen molar-refractivity contribution in [1.82, 2.24) is 10.2 Å². The zero-order valence-corrected chi connectivity index (χ0v) is 18.4. The van der Waals surface area contributed by atoms with E-state index in [2.05, 4.69) is 33.0 Å². The summed E-state index contributed by atoms with van der Waals surface area (Å²) in [6.07, 6.45) is 1.40. The van der Waals surface area contributed by atoms with Gasteiger partial charge in [-0.05, 0) is 51.9 Å². The molecule has 1 rings (SSSR count). The summed E-state index contributed by atoms with van der Waals surface area (Å²) in [6, 6.07) is 0.0488.